The summed E-state index contributed by atoms with van der Waals surface area (Å²) in [6, 6.07) is 15.1. The Morgan fingerprint density at radius 2 is 1.48 bits per heavy atom. The zero-order chi connectivity index (χ0) is 20.7. The van der Waals surface area contributed by atoms with Crippen molar-refractivity contribution in [1.29, 1.82) is 0 Å². The minimum absolute atomic E-state index is 0.264. The summed E-state index contributed by atoms with van der Waals surface area (Å²) in [4.78, 5) is 16.5. The van der Waals surface area contributed by atoms with Gasteiger partial charge in [-0.05, 0) is 54.8 Å². The Labute approximate surface area is 175 Å². The highest BCUT2D eigenvalue weighted by atomic mass is 16.5. The fourth-order valence-corrected chi connectivity index (χ4v) is 2.80. The number of ether oxygens (including phenoxy) is 2. The van der Waals surface area contributed by atoms with Gasteiger partial charge < -0.3 is 9.47 Å². The minimum Gasteiger partial charge on any atom is -0.494 e. The van der Waals surface area contributed by atoms with E-state index in [0.29, 0.717) is 12.2 Å². The first-order valence-electron chi connectivity index (χ1n) is 10.8. The van der Waals surface area contributed by atoms with Crippen LogP contribution in [0.5, 0.6) is 5.75 Å². The largest absolute Gasteiger partial charge is 0.494 e. The Bertz CT molecular complexity index is 736. The average molecular weight is 396 g/mol. The molecule has 2 aromatic rings. The van der Waals surface area contributed by atoms with Crippen molar-refractivity contribution in [2.75, 3.05) is 13.2 Å². The van der Waals surface area contributed by atoms with Crippen molar-refractivity contribution in [3.63, 3.8) is 0 Å². The normalized spacial score (nSPS) is 11.0. The SMILES string of the molecule is CCCCCCOC(=O)c1ccc(C=Nc2ccc(OCCCCC)cc2)cc1. The molecule has 0 aromatic heterocycles. The van der Waals surface area contributed by atoms with Crippen LogP contribution >= 0.6 is 0 Å². The van der Waals surface area contributed by atoms with Crippen molar-refractivity contribution in [2.45, 2.75) is 58.8 Å². The molecule has 0 heterocycles. The molecule has 0 unspecified atom stereocenters. The molecule has 0 radical (unpaired) electrons. The van der Waals surface area contributed by atoms with Gasteiger partial charge in [0.1, 0.15) is 5.75 Å². The number of carbonyl (C=O) groups excluding carboxylic acids is 1. The Kier molecular flexibility index (Phi) is 10.6. The Morgan fingerprint density at radius 1 is 0.828 bits per heavy atom. The van der Waals surface area contributed by atoms with Crippen LogP contribution in [0.1, 0.15) is 74.7 Å². The van der Waals surface area contributed by atoms with Gasteiger partial charge in [0.15, 0.2) is 0 Å². The van der Waals surface area contributed by atoms with Gasteiger partial charge in [0, 0.05) is 6.21 Å². The summed E-state index contributed by atoms with van der Waals surface area (Å²) < 4.78 is 11.0. The molecule has 29 heavy (non-hydrogen) atoms. The number of nitrogens with zero attached hydrogens (tertiary/aromatic N) is 1. The van der Waals surface area contributed by atoms with Gasteiger partial charge in [0.25, 0.3) is 0 Å². The zero-order valence-corrected chi connectivity index (χ0v) is 17.7. The lowest BCUT2D eigenvalue weighted by Crippen LogP contribution is -2.06. The first-order valence-corrected chi connectivity index (χ1v) is 10.8. The van der Waals surface area contributed by atoms with Gasteiger partial charge >= 0.3 is 5.97 Å². The maximum Gasteiger partial charge on any atom is 0.338 e. The molecule has 0 aliphatic carbocycles. The van der Waals surface area contributed by atoms with Crippen LogP contribution < -0.4 is 4.74 Å². The molecule has 0 saturated heterocycles. The summed E-state index contributed by atoms with van der Waals surface area (Å²) in [5.41, 5.74) is 2.37. The van der Waals surface area contributed by atoms with E-state index in [0.717, 1.165) is 42.9 Å². The maximum atomic E-state index is 12.0. The van der Waals surface area contributed by atoms with Crippen LogP contribution in [0.4, 0.5) is 5.69 Å². The van der Waals surface area contributed by atoms with Crippen LogP contribution in [-0.2, 0) is 4.74 Å². The standard InChI is InChI=1S/C25H33NO3/c1-3-5-7-9-19-29-25(27)22-12-10-21(11-13-22)20-26-23-14-16-24(17-15-23)28-18-8-6-4-2/h10-17,20H,3-9,18-19H2,1-2H3. The van der Waals surface area contributed by atoms with Gasteiger partial charge in [0.2, 0.25) is 0 Å². The summed E-state index contributed by atoms with van der Waals surface area (Å²) in [6.45, 7) is 5.59. The summed E-state index contributed by atoms with van der Waals surface area (Å²) in [6.07, 6.45) is 9.64. The number of aliphatic imine (C=N–C) groups is 1. The van der Waals surface area contributed by atoms with E-state index in [1.54, 1.807) is 18.3 Å². The van der Waals surface area contributed by atoms with Crippen LogP contribution in [0.15, 0.2) is 53.5 Å². The highest BCUT2D eigenvalue weighted by Gasteiger charge is 2.06. The first-order chi connectivity index (χ1) is 14.2. The van der Waals surface area contributed by atoms with Crippen molar-refractivity contribution < 1.29 is 14.3 Å². The quantitative estimate of drug-likeness (QED) is 0.214. The number of rotatable bonds is 13. The van der Waals surface area contributed by atoms with Gasteiger partial charge in [-0.2, -0.15) is 0 Å². The third-order valence-electron chi connectivity index (χ3n) is 4.59. The Balaban J connectivity index is 1.79. The molecule has 0 aliphatic heterocycles. The number of benzene rings is 2. The van der Waals surface area contributed by atoms with E-state index in [2.05, 4.69) is 18.8 Å². The summed E-state index contributed by atoms with van der Waals surface area (Å²) >= 11 is 0. The van der Waals surface area contributed by atoms with E-state index in [4.69, 9.17) is 9.47 Å². The number of carbonyl (C=O) groups is 1. The van der Waals surface area contributed by atoms with Crippen LogP contribution in [0.25, 0.3) is 0 Å². The second kappa shape index (κ2) is 13.5. The van der Waals surface area contributed by atoms with Crippen molar-refractivity contribution in [1.82, 2.24) is 0 Å². The highest BCUT2D eigenvalue weighted by Crippen LogP contribution is 2.18. The molecule has 2 rings (SSSR count). The molecule has 0 saturated carbocycles. The summed E-state index contributed by atoms with van der Waals surface area (Å²) in [5, 5.41) is 0. The smallest absolute Gasteiger partial charge is 0.338 e. The Morgan fingerprint density at radius 3 is 2.17 bits per heavy atom. The molecule has 0 aliphatic rings. The molecule has 0 amide bonds. The molecule has 0 atom stereocenters. The molecular formula is C25H33NO3. The minimum atomic E-state index is -0.264. The topological polar surface area (TPSA) is 47.9 Å². The fourth-order valence-electron chi connectivity index (χ4n) is 2.80. The third-order valence-corrected chi connectivity index (χ3v) is 4.59. The lowest BCUT2D eigenvalue weighted by Gasteiger charge is -2.05. The van der Waals surface area contributed by atoms with Crippen LogP contribution in [0.3, 0.4) is 0 Å². The summed E-state index contributed by atoms with van der Waals surface area (Å²) in [7, 11) is 0. The van der Waals surface area contributed by atoms with Gasteiger partial charge in [-0.3, -0.25) is 4.99 Å². The molecule has 0 bridgehead atoms. The van der Waals surface area contributed by atoms with Crippen molar-refractivity contribution in [3.8, 4) is 5.75 Å². The lowest BCUT2D eigenvalue weighted by atomic mass is 10.1. The highest BCUT2D eigenvalue weighted by molar-refractivity contribution is 5.91. The predicted octanol–water partition coefficient (Wildman–Crippen LogP) is 6.74. The second-order valence-corrected chi connectivity index (χ2v) is 7.13. The summed E-state index contributed by atoms with van der Waals surface area (Å²) in [5.74, 6) is 0.608. The maximum absolute atomic E-state index is 12.0. The third kappa shape index (κ3) is 8.95. The molecule has 4 heteroatoms. The number of esters is 1. The van der Waals surface area contributed by atoms with E-state index in [-0.39, 0.29) is 5.97 Å². The van der Waals surface area contributed by atoms with Crippen LogP contribution in [-0.4, -0.2) is 25.4 Å². The monoisotopic (exact) mass is 395 g/mol. The number of hydrogen-bond acceptors (Lipinski definition) is 4. The molecule has 156 valence electrons. The zero-order valence-electron chi connectivity index (χ0n) is 17.7. The van der Waals surface area contributed by atoms with Crippen LogP contribution in [0, 0.1) is 0 Å². The van der Waals surface area contributed by atoms with Gasteiger partial charge in [-0.25, -0.2) is 4.79 Å². The second-order valence-electron chi connectivity index (χ2n) is 7.13. The van der Waals surface area contributed by atoms with Crippen LogP contribution in [0.2, 0.25) is 0 Å². The number of hydrogen-bond donors (Lipinski definition) is 0. The molecular weight excluding hydrogens is 362 g/mol. The molecule has 4 nitrogen and oxygen atoms in total. The van der Waals surface area contributed by atoms with E-state index in [9.17, 15) is 4.79 Å². The van der Waals surface area contributed by atoms with E-state index < -0.39 is 0 Å². The Hall–Kier alpha value is -2.62. The molecule has 0 fully saturated rings. The first kappa shape index (κ1) is 22.7. The van der Waals surface area contributed by atoms with Gasteiger partial charge in [-0.15, -0.1) is 0 Å². The van der Waals surface area contributed by atoms with E-state index >= 15 is 0 Å². The number of unbranched alkanes of at least 4 members (excludes halogenated alkanes) is 5. The van der Waals surface area contributed by atoms with Crippen molar-refractivity contribution in [3.05, 3.63) is 59.7 Å². The lowest BCUT2D eigenvalue weighted by molar-refractivity contribution is 0.0498. The van der Waals surface area contributed by atoms with E-state index in [1.807, 2.05) is 36.4 Å². The fraction of sp³-hybridized carbons (Fsp3) is 0.440. The van der Waals surface area contributed by atoms with Crippen molar-refractivity contribution in [2.24, 2.45) is 4.99 Å². The van der Waals surface area contributed by atoms with Gasteiger partial charge in [-0.1, -0.05) is 58.1 Å². The molecule has 0 spiro atoms. The predicted molar refractivity (Wildman–Crippen MR) is 120 cm³/mol. The molecule has 0 N–H and O–H groups in total. The van der Waals surface area contributed by atoms with Gasteiger partial charge in [0.05, 0.1) is 24.5 Å². The molecule has 2 aromatic carbocycles. The average Bonchev–Trinajstić information content (AvgIpc) is 2.76. The van der Waals surface area contributed by atoms with Crippen molar-refractivity contribution >= 4 is 17.9 Å². The van der Waals surface area contributed by atoms with E-state index in [1.165, 1.54) is 25.7 Å².